The molecule has 0 saturated carbocycles. The van der Waals surface area contributed by atoms with Crippen molar-refractivity contribution in [3.8, 4) is 11.5 Å². The Morgan fingerprint density at radius 1 is 1.03 bits per heavy atom. The van der Waals surface area contributed by atoms with Gasteiger partial charge in [-0.05, 0) is 41.0 Å². The Labute approximate surface area is 170 Å². The molecule has 0 aromatic heterocycles. The van der Waals surface area contributed by atoms with Gasteiger partial charge in [0.2, 0.25) is 5.91 Å². The van der Waals surface area contributed by atoms with Crippen LogP contribution in [0.4, 0.5) is 0 Å². The third kappa shape index (κ3) is 4.04. The summed E-state index contributed by atoms with van der Waals surface area (Å²) >= 11 is 0. The maximum Gasteiger partial charge on any atom is 0.238 e. The normalized spacial score (nSPS) is 18.6. The molecule has 150 valence electrons. The summed E-state index contributed by atoms with van der Waals surface area (Å²) in [6, 6.07) is 19.9. The Morgan fingerprint density at radius 3 is 2.69 bits per heavy atom. The van der Waals surface area contributed by atoms with Crippen molar-refractivity contribution in [1.82, 2.24) is 16.2 Å². The lowest BCUT2D eigenvalue weighted by atomic mass is 9.96. The highest BCUT2D eigenvalue weighted by atomic mass is 16.5. The summed E-state index contributed by atoms with van der Waals surface area (Å²) < 4.78 is 10.7. The van der Waals surface area contributed by atoms with Gasteiger partial charge >= 0.3 is 0 Å². The minimum absolute atomic E-state index is 0.0508. The van der Waals surface area contributed by atoms with E-state index in [-0.39, 0.29) is 18.0 Å². The van der Waals surface area contributed by atoms with Crippen molar-refractivity contribution in [2.75, 3.05) is 14.2 Å². The number of benzene rings is 3. The van der Waals surface area contributed by atoms with Crippen LogP contribution in [0.2, 0.25) is 0 Å². The van der Waals surface area contributed by atoms with Gasteiger partial charge in [-0.25, -0.2) is 10.9 Å². The van der Waals surface area contributed by atoms with E-state index in [0.717, 1.165) is 17.1 Å². The van der Waals surface area contributed by atoms with Crippen LogP contribution in [0.15, 0.2) is 60.7 Å². The van der Waals surface area contributed by atoms with Crippen LogP contribution < -0.4 is 25.6 Å². The summed E-state index contributed by atoms with van der Waals surface area (Å²) in [7, 11) is 3.23. The lowest BCUT2D eigenvalue weighted by molar-refractivity contribution is -0.123. The minimum atomic E-state index is -0.310. The fourth-order valence-corrected chi connectivity index (χ4v) is 3.81. The lowest BCUT2D eigenvalue weighted by Crippen LogP contribution is -2.42. The van der Waals surface area contributed by atoms with Gasteiger partial charge in [-0.3, -0.25) is 4.79 Å². The Hall–Kier alpha value is -3.09. The molecule has 3 N–H and O–H groups in total. The first kappa shape index (κ1) is 19.2. The van der Waals surface area contributed by atoms with Crippen molar-refractivity contribution in [3.63, 3.8) is 0 Å². The Morgan fingerprint density at radius 2 is 1.86 bits per heavy atom. The van der Waals surface area contributed by atoms with Gasteiger partial charge in [-0.1, -0.05) is 42.5 Å². The standard InChI is InChI=1S/C23H25N3O3/c1-28-17-10-11-22(29-2)16(12-17)14-24-23(27)21-13-20(25-26-21)19-9-5-7-15-6-3-4-8-18(15)19/h3-12,20-21,25-26H,13-14H2,1-2H3,(H,24,27). The Kier molecular flexibility index (Phi) is 5.64. The van der Waals surface area contributed by atoms with E-state index in [2.05, 4.69) is 46.5 Å². The van der Waals surface area contributed by atoms with E-state index in [1.165, 1.54) is 16.3 Å². The number of carbonyl (C=O) groups is 1. The monoisotopic (exact) mass is 391 g/mol. The number of rotatable bonds is 6. The average Bonchev–Trinajstić information content (AvgIpc) is 3.27. The first-order chi connectivity index (χ1) is 14.2. The predicted octanol–water partition coefficient (Wildman–Crippen LogP) is 3.08. The van der Waals surface area contributed by atoms with Crippen molar-refractivity contribution in [1.29, 1.82) is 0 Å². The molecule has 1 amide bonds. The fourth-order valence-electron chi connectivity index (χ4n) is 3.81. The maximum absolute atomic E-state index is 12.7. The summed E-state index contributed by atoms with van der Waals surface area (Å²) in [5.74, 6) is 1.40. The number of hydrogen-bond donors (Lipinski definition) is 3. The van der Waals surface area contributed by atoms with Crippen LogP contribution in [0.1, 0.15) is 23.6 Å². The summed E-state index contributed by atoms with van der Waals surface area (Å²) in [5, 5.41) is 5.40. The largest absolute Gasteiger partial charge is 0.497 e. The second kappa shape index (κ2) is 8.51. The minimum Gasteiger partial charge on any atom is -0.497 e. The summed E-state index contributed by atoms with van der Waals surface area (Å²) in [6.07, 6.45) is 0.676. The molecule has 3 aromatic rings. The number of nitrogens with one attached hydrogen (secondary N) is 3. The molecule has 3 aromatic carbocycles. The number of hydrazine groups is 1. The number of amides is 1. The van der Waals surface area contributed by atoms with E-state index in [1.807, 2.05) is 30.3 Å². The number of hydrogen-bond acceptors (Lipinski definition) is 5. The van der Waals surface area contributed by atoms with E-state index in [0.29, 0.717) is 13.0 Å². The molecule has 1 saturated heterocycles. The molecular weight excluding hydrogens is 366 g/mol. The second-order valence-electron chi connectivity index (χ2n) is 7.09. The van der Waals surface area contributed by atoms with Crippen molar-refractivity contribution in [2.45, 2.75) is 25.0 Å². The second-order valence-corrected chi connectivity index (χ2v) is 7.09. The van der Waals surface area contributed by atoms with Gasteiger partial charge in [0.15, 0.2) is 0 Å². The molecule has 0 bridgehead atoms. The van der Waals surface area contributed by atoms with Gasteiger partial charge in [0, 0.05) is 18.2 Å². The number of ether oxygens (including phenoxy) is 2. The van der Waals surface area contributed by atoms with Crippen molar-refractivity contribution in [2.24, 2.45) is 0 Å². The lowest BCUT2D eigenvalue weighted by Gasteiger charge is -2.14. The SMILES string of the molecule is COc1ccc(OC)c(CNC(=O)C2CC(c3cccc4ccccc34)NN2)c1. The molecule has 0 spiro atoms. The highest BCUT2D eigenvalue weighted by Gasteiger charge is 2.30. The van der Waals surface area contributed by atoms with Gasteiger partial charge < -0.3 is 14.8 Å². The van der Waals surface area contributed by atoms with Gasteiger partial charge in [0.05, 0.1) is 14.2 Å². The smallest absolute Gasteiger partial charge is 0.238 e. The zero-order valence-corrected chi connectivity index (χ0v) is 16.6. The van der Waals surface area contributed by atoms with E-state index in [9.17, 15) is 4.79 Å². The summed E-state index contributed by atoms with van der Waals surface area (Å²) in [4.78, 5) is 12.7. The van der Waals surface area contributed by atoms with E-state index in [4.69, 9.17) is 9.47 Å². The van der Waals surface area contributed by atoms with Crippen LogP contribution in [0.25, 0.3) is 10.8 Å². The third-order valence-corrected chi connectivity index (χ3v) is 5.36. The van der Waals surface area contributed by atoms with Crippen LogP contribution in [-0.4, -0.2) is 26.2 Å². The molecule has 6 nitrogen and oxygen atoms in total. The third-order valence-electron chi connectivity index (χ3n) is 5.36. The van der Waals surface area contributed by atoms with Crippen molar-refractivity contribution in [3.05, 3.63) is 71.8 Å². The average molecular weight is 391 g/mol. The molecule has 29 heavy (non-hydrogen) atoms. The molecule has 0 radical (unpaired) electrons. The topological polar surface area (TPSA) is 71.6 Å². The molecular formula is C23H25N3O3. The van der Waals surface area contributed by atoms with E-state index >= 15 is 0 Å². The Balaban J connectivity index is 1.42. The van der Waals surface area contributed by atoms with Gasteiger partial charge in [-0.2, -0.15) is 0 Å². The molecule has 1 fully saturated rings. The number of carbonyl (C=O) groups excluding carboxylic acids is 1. The molecule has 2 atom stereocenters. The highest BCUT2D eigenvalue weighted by molar-refractivity contribution is 5.87. The molecule has 4 rings (SSSR count). The number of methoxy groups -OCH3 is 2. The zero-order chi connectivity index (χ0) is 20.2. The van der Waals surface area contributed by atoms with Crippen molar-refractivity contribution < 1.29 is 14.3 Å². The quantitative estimate of drug-likeness (QED) is 0.602. The van der Waals surface area contributed by atoms with Crippen LogP contribution in [0, 0.1) is 0 Å². The van der Waals surface area contributed by atoms with Crippen molar-refractivity contribution >= 4 is 16.7 Å². The van der Waals surface area contributed by atoms with Crippen LogP contribution in [0.3, 0.4) is 0 Å². The zero-order valence-electron chi connectivity index (χ0n) is 16.6. The molecule has 1 aliphatic heterocycles. The first-order valence-electron chi connectivity index (χ1n) is 9.67. The fraction of sp³-hybridized carbons (Fsp3) is 0.261. The van der Waals surface area contributed by atoms with Gasteiger partial charge in [-0.15, -0.1) is 0 Å². The van der Waals surface area contributed by atoms with Crippen LogP contribution >= 0.6 is 0 Å². The molecule has 2 unspecified atom stereocenters. The summed E-state index contributed by atoms with van der Waals surface area (Å²) in [6.45, 7) is 0.371. The summed E-state index contributed by atoms with van der Waals surface area (Å²) in [5.41, 5.74) is 8.49. The molecule has 1 aliphatic rings. The van der Waals surface area contributed by atoms with Gasteiger partial charge in [0.1, 0.15) is 17.5 Å². The number of fused-ring (bicyclic) bond motifs is 1. The van der Waals surface area contributed by atoms with E-state index in [1.54, 1.807) is 14.2 Å². The molecule has 0 aliphatic carbocycles. The molecule has 1 heterocycles. The highest BCUT2D eigenvalue weighted by Crippen LogP contribution is 2.29. The van der Waals surface area contributed by atoms with E-state index < -0.39 is 0 Å². The van der Waals surface area contributed by atoms with Crippen LogP contribution in [-0.2, 0) is 11.3 Å². The maximum atomic E-state index is 12.7. The molecule has 6 heteroatoms. The Bertz CT molecular complexity index is 1020. The predicted molar refractivity (Wildman–Crippen MR) is 113 cm³/mol. The van der Waals surface area contributed by atoms with Crippen LogP contribution in [0.5, 0.6) is 11.5 Å². The first-order valence-corrected chi connectivity index (χ1v) is 9.67. The van der Waals surface area contributed by atoms with Gasteiger partial charge in [0.25, 0.3) is 0 Å².